The number of nitrogens with zero attached hydrogens (tertiary/aromatic N) is 1. The Morgan fingerprint density at radius 2 is 2.28 bits per heavy atom. The van der Waals surface area contributed by atoms with Gasteiger partial charge in [0.05, 0.1) is 5.69 Å². The minimum absolute atomic E-state index is 0.0405. The highest BCUT2D eigenvalue weighted by molar-refractivity contribution is 5.98. The van der Waals surface area contributed by atoms with Crippen LogP contribution < -0.4 is 26.6 Å². The zero-order valence-corrected chi connectivity index (χ0v) is 9.68. The normalized spacial score (nSPS) is 13.8. The predicted molar refractivity (Wildman–Crippen MR) is 65.6 cm³/mol. The van der Waals surface area contributed by atoms with Crippen LogP contribution in [0, 0.1) is 0 Å². The standard InChI is InChI=1S/C11H14N4O3/c12-7-1-2-9-8(5-7)15(11(17)6-18-9)4-3-10(16)14-13/h1-2,5H,3-4,6,12-13H2,(H,14,16). The van der Waals surface area contributed by atoms with Crippen molar-refractivity contribution in [1.82, 2.24) is 5.43 Å². The monoisotopic (exact) mass is 250 g/mol. The van der Waals surface area contributed by atoms with Gasteiger partial charge >= 0.3 is 0 Å². The van der Waals surface area contributed by atoms with E-state index in [2.05, 4.69) is 0 Å². The lowest BCUT2D eigenvalue weighted by Gasteiger charge is -2.29. The Balaban J connectivity index is 2.21. The van der Waals surface area contributed by atoms with Crippen LogP contribution in [0.15, 0.2) is 18.2 Å². The SMILES string of the molecule is NNC(=O)CCN1C(=O)COc2ccc(N)cc21. The molecule has 0 fully saturated rings. The zero-order valence-electron chi connectivity index (χ0n) is 9.68. The molecule has 7 nitrogen and oxygen atoms in total. The lowest BCUT2D eigenvalue weighted by atomic mass is 10.2. The highest BCUT2D eigenvalue weighted by Gasteiger charge is 2.25. The van der Waals surface area contributed by atoms with Crippen molar-refractivity contribution in [2.24, 2.45) is 5.84 Å². The Labute approximate surface area is 104 Å². The number of rotatable bonds is 3. The second kappa shape index (κ2) is 4.92. The van der Waals surface area contributed by atoms with Crippen LogP contribution in [0.25, 0.3) is 0 Å². The van der Waals surface area contributed by atoms with Crippen molar-refractivity contribution in [2.75, 3.05) is 23.8 Å². The zero-order chi connectivity index (χ0) is 13.1. The molecule has 0 saturated carbocycles. The largest absolute Gasteiger partial charge is 0.482 e. The van der Waals surface area contributed by atoms with Gasteiger partial charge < -0.3 is 15.4 Å². The summed E-state index contributed by atoms with van der Waals surface area (Å²) in [5.74, 6) is 5.03. The van der Waals surface area contributed by atoms with E-state index in [-0.39, 0.29) is 31.4 Å². The van der Waals surface area contributed by atoms with Gasteiger partial charge in [0.25, 0.3) is 5.91 Å². The summed E-state index contributed by atoms with van der Waals surface area (Å²) < 4.78 is 5.28. The van der Waals surface area contributed by atoms with E-state index in [4.69, 9.17) is 16.3 Å². The van der Waals surface area contributed by atoms with Crippen LogP contribution >= 0.6 is 0 Å². The van der Waals surface area contributed by atoms with Crippen molar-refractivity contribution >= 4 is 23.2 Å². The number of nitrogens with one attached hydrogen (secondary N) is 1. The van der Waals surface area contributed by atoms with E-state index < -0.39 is 0 Å². The second-order valence-corrected chi connectivity index (χ2v) is 3.88. The molecule has 1 aromatic rings. The first-order chi connectivity index (χ1) is 8.61. The number of fused-ring (bicyclic) bond motifs is 1. The highest BCUT2D eigenvalue weighted by Crippen LogP contribution is 2.33. The maximum absolute atomic E-state index is 11.8. The molecule has 1 aromatic carbocycles. The molecule has 1 heterocycles. The molecule has 2 amide bonds. The van der Waals surface area contributed by atoms with Gasteiger partial charge in [0, 0.05) is 18.7 Å². The Kier molecular flexibility index (Phi) is 3.33. The van der Waals surface area contributed by atoms with Gasteiger partial charge in [0.1, 0.15) is 5.75 Å². The number of ether oxygens (including phenoxy) is 1. The first kappa shape index (κ1) is 12.2. The van der Waals surface area contributed by atoms with Gasteiger partial charge in [-0.3, -0.25) is 15.0 Å². The lowest BCUT2D eigenvalue weighted by Crippen LogP contribution is -2.41. The molecular weight excluding hydrogens is 236 g/mol. The maximum atomic E-state index is 11.8. The minimum Gasteiger partial charge on any atom is -0.482 e. The number of hydrogen-bond acceptors (Lipinski definition) is 5. The summed E-state index contributed by atoms with van der Waals surface area (Å²) in [6.45, 7) is 0.197. The fourth-order valence-corrected chi connectivity index (χ4v) is 1.75. The van der Waals surface area contributed by atoms with Crippen molar-refractivity contribution in [3.8, 4) is 5.75 Å². The highest BCUT2D eigenvalue weighted by atomic mass is 16.5. The summed E-state index contributed by atoms with van der Waals surface area (Å²) in [5, 5.41) is 0. The predicted octanol–water partition coefficient (Wildman–Crippen LogP) is -0.626. The number of anilines is 2. The molecule has 0 atom stereocenters. The molecule has 1 aliphatic heterocycles. The fraction of sp³-hybridized carbons (Fsp3) is 0.273. The van der Waals surface area contributed by atoms with Gasteiger partial charge in [-0.15, -0.1) is 0 Å². The van der Waals surface area contributed by atoms with Crippen molar-refractivity contribution in [2.45, 2.75) is 6.42 Å². The van der Waals surface area contributed by atoms with Crippen LogP contribution in [0.2, 0.25) is 0 Å². The first-order valence-electron chi connectivity index (χ1n) is 5.44. The van der Waals surface area contributed by atoms with Crippen molar-refractivity contribution < 1.29 is 14.3 Å². The number of hydrazine groups is 1. The second-order valence-electron chi connectivity index (χ2n) is 3.88. The molecule has 7 heteroatoms. The van der Waals surface area contributed by atoms with Crippen LogP contribution in [-0.2, 0) is 9.59 Å². The molecule has 96 valence electrons. The number of nitrogens with two attached hydrogens (primary N) is 2. The van der Waals surface area contributed by atoms with Crippen LogP contribution in [0.4, 0.5) is 11.4 Å². The summed E-state index contributed by atoms with van der Waals surface area (Å²) >= 11 is 0. The molecule has 0 unspecified atom stereocenters. The molecule has 0 aliphatic carbocycles. The Morgan fingerprint density at radius 1 is 1.50 bits per heavy atom. The number of amides is 2. The van der Waals surface area contributed by atoms with E-state index in [9.17, 15) is 9.59 Å². The number of nitrogen functional groups attached to an aromatic ring is 1. The van der Waals surface area contributed by atoms with Gasteiger partial charge in [-0.05, 0) is 18.2 Å². The van der Waals surface area contributed by atoms with Crippen LogP contribution in [0.5, 0.6) is 5.75 Å². The van der Waals surface area contributed by atoms with Crippen LogP contribution in [-0.4, -0.2) is 25.0 Å². The number of hydrogen-bond donors (Lipinski definition) is 3. The third-order valence-electron chi connectivity index (χ3n) is 2.65. The fourth-order valence-electron chi connectivity index (χ4n) is 1.75. The molecule has 0 spiro atoms. The Bertz CT molecular complexity index is 489. The van der Waals surface area contributed by atoms with Gasteiger partial charge in [0.2, 0.25) is 5.91 Å². The summed E-state index contributed by atoms with van der Waals surface area (Å²) in [6.07, 6.45) is 0.122. The third kappa shape index (κ3) is 2.35. The van der Waals surface area contributed by atoms with Crippen molar-refractivity contribution in [3.05, 3.63) is 18.2 Å². The van der Waals surface area contributed by atoms with Gasteiger partial charge in [-0.25, -0.2) is 5.84 Å². The number of carbonyl (C=O) groups excluding carboxylic acids is 2. The van der Waals surface area contributed by atoms with E-state index in [1.807, 2.05) is 5.43 Å². The van der Waals surface area contributed by atoms with E-state index in [0.29, 0.717) is 17.1 Å². The molecule has 2 rings (SSSR count). The average molecular weight is 250 g/mol. The summed E-state index contributed by atoms with van der Waals surface area (Å²) in [5.41, 5.74) is 8.81. The molecule has 5 N–H and O–H groups in total. The van der Waals surface area contributed by atoms with Crippen LogP contribution in [0.3, 0.4) is 0 Å². The summed E-state index contributed by atoms with van der Waals surface area (Å²) in [7, 11) is 0. The van der Waals surface area contributed by atoms with Gasteiger partial charge in [0.15, 0.2) is 6.61 Å². The Morgan fingerprint density at radius 3 is 3.00 bits per heavy atom. The third-order valence-corrected chi connectivity index (χ3v) is 2.65. The molecule has 0 saturated heterocycles. The van der Waals surface area contributed by atoms with E-state index >= 15 is 0 Å². The number of carbonyl (C=O) groups is 2. The summed E-state index contributed by atoms with van der Waals surface area (Å²) in [6, 6.07) is 5.04. The average Bonchev–Trinajstić information content (AvgIpc) is 2.37. The summed E-state index contributed by atoms with van der Waals surface area (Å²) in [4.78, 5) is 24.4. The molecule has 0 aromatic heterocycles. The van der Waals surface area contributed by atoms with Gasteiger partial charge in [-0.2, -0.15) is 0 Å². The molecular formula is C11H14N4O3. The number of benzene rings is 1. The van der Waals surface area contributed by atoms with Crippen molar-refractivity contribution in [1.29, 1.82) is 0 Å². The first-order valence-corrected chi connectivity index (χ1v) is 5.44. The topological polar surface area (TPSA) is 111 Å². The lowest BCUT2D eigenvalue weighted by molar-refractivity contribution is -0.122. The minimum atomic E-state index is -0.334. The maximum Gasteiger partial charge on any atom is 0.265 e. The van der Waals surface area contributed by atoms with E-state index in [1.54, 1.807) is 18.2 Å². The smallest absolute Gasteiger partial charge is 0.265 e. The van der Waals surface area contributed by atoms with Gasteiger partial charge in [-0.1, -0.05) is 0 Å². The molecule has 0 bridgehead atoms. The van der Waals surface area contributed by atoms with E-state index in [0.717, 1.165) is 0 Å². The molecule has 18 heavy (non-hydrogen) atoms. The van der Waals surface area contributed by atoms with Crippen molar-refractivity contribution in [3.63, 3.8) is 0 Å². The quantitative estimate of drug-likeness (QED) is 0.286. The Hall–Kier alpha value is -2.28. The molecule has 1 aliphatic rings. The van der Waals surface area contributed by atoms with E-state index in [1.165, 1.54) is 4.90 Å². The van der Waals surface area contributed by atoms with Crippen LogP contribution in [0.1, 0.15) is 6.42 Å². The molecule has 0 radical (unpaired) electrons.